The van der Waals surface area contributed by atoms with Crippen LogP contribution in [0.25, 0.3) is 0 Å². The molecule has 6 heteroatoms. The second-order valence-electron chi connectivity index (χ2n) is 5.93. The highest BCUT2D eigenvalue weighted by molar-refractivity contribution is 6.30. The molecule has 1 aromatic carbocycles. The predicted octanol–water partition coefficient (Wildman–Crippen LogP) is 2.25. The van der Waals surface area contributed by atoms with E-state index in [9.17, 15) is 9.59 Å². The van der Waals surface area contributed by atoms with E-state index < -0.39 is 0 Å². The number of nitrogens with zero attached hydrogens (tertiary/aromatic N) is 1. The summed E-state index contributed by atoms with van der Waals surface area (Å²) < 4.78 is 0. The van der Waals surface area contributed by atoms with E-state index in [1.54, 1.807) is 0 Å². The molecule has 3 amide bonds. The summed E-state index contributed by atoms with van der Waals surface area (Å²) in [6, 6.07) is 7.52. The van der Waals surface area contributed by atoms with Crippen molar-refractivity contribution in [3.8, 4) is 0 Å². The Bertz CT molecular complexity index is 585. The number of urea groups is 1. The maximum atomic E-state index is 12.2. The second kappa shape index (κ2) is 6.26. The van der Waals surface area contributed by atoms with Gasteiger partial charge in [-0.2, -0.15) is 0 Å². The third-order valence-corrected chi connectivity index (χ3v) is 4.81. The molecular formula is C16H20ClN3O2. The van der Waals surface area contributed by atoms with Crippen LogP contribution in [0.4, 0.5) is 4.79 Å². The zero-order valence-electron chi connectivity index (χ0n) is 12.4. The average molecular weight is 322 g/mol. The molecule has 2 fully saturated rings. The van der Waals surface area contributed by atoms with Gasteiger partial charge in [0.1, 0.15) is 0 Å². The second-order valence-corrected chi connectivity index (χ2v) is 6.37. The molecule has 1 heterocycles. The number of carbonyl (C=O) groups excluding carboxylic acids is 2. The van der Waals surface area contributed by atoms with Crippen molar-refractivity contribution >= 4 is 23.5 Å². The fraction of sp³-hybridized carbons (Fsp3) is 0.500. The summed E-state index contributed by atoms with van der Waals surface area (Å²) in [5.41, 5.74) is 0.910. The van der Waals surface area contributed by atoms with Gasteiger partial charge in [0.2, 0.25) is 5.91 Å². The Balaban J connectivity index is 1.72. The van der Waals surface area contributed by atoms with Crippen LogP contribution in [0.3, 0.4) is 0 Å². The number of nitrogens with one attached hydrogen (secondary N) is 2. The molecule has 118 valence electrons. The number of amides is 3. The first-order chi connectivity index (χ1) is 10.6. The normalized spacial score (nSPS) is 20.2. The molecule has 1 aromatic rings. The SMILES string of the molecule is O=C(CNC1(c2cccc(Cl)c2)CCCC1)N1CCNC1=O. The number of benzene rings is 1. The van der Waals surface area contributed by atoms with Gasteiger partial charge < -0.3 is 5.32 Å². The molecule has 1 aliphatic heterocycles. The summed E-state index contributed by atoms with van der Waals surface area (Å²) in [6.45, 7) is 1.15. The van der Waals surface area contributed by atoms with E-state index in [1.807, 2.05) is 18.2 Å². The lowest BCUT2D eigenvalue weighted by molar-refractivity contribution is -0.127. The quantitative estimate of drug-likeness (QED) is 0.894. The van der Waals surface area contributed by atoms with Crippen LogP contribution >= 0.6 is 11.6 Å². The Morgan fingerprint density at radius 3 is 2.77 bits per heavy atom. The number of carbonyl (C=O) groups is 2. The number of halogens is 1. The van der Waals surface area contributed by atoms with Crippen molar-refractivity contribution in [2.24, 2.45) is 0 Å². The number of rotatable bonds is 4. The van der Waals surface area contributed by atoms with Crippen LogP contribution in [0, 0.1) is 0 Å². The van der Waals surface area contributed by atoms with E-state index in [4.69, 9.17) is 11.6 Å². The zero-order valence-corrected chi connectivity index (χ0v) is 13.2. The minimum Gasteiger partial charge on any atom is -0.336 e. The van der Waals surface area contributed by atoms with E-state index >= 15 is 0 Å². The van der Waals surface area contributed by atoms with Gasteiger partial charge in [-0.15, -0.1) is 0 Å². The Hall–Kier alpha value is -1.59. The molecule has 5 nitrogen and oxygen atoms in total. The standard InChI is InChI=1S/C16H20ClN3O2/c17-13-5-3-4-12(10-13)16(6-1-2-7-16)19-11-14(21)20-9-8-18-15(20)22/h3-5,10,19H,1-2,6-9,11H2,(H,18,22). The fourth-order valence-corrected chi connectivity index (χ4v) is 3.57. The van der Waals surface area contributed by atoms with Gasteiger partial charge in [0.25, 0.3) is 0 Å². The summed E-state index contributed by atoms with van der Waals surface area (Å²) >= 11 is 6.11. The van der Waals surface area contributed by atoms with E-state index in [0.29, 0.717) is 18.1 Å². The van der Waals surface area contributed by atoms with Crippen molar-refractivity contribution in [1.82, 2.24) is 15.5 Å². The molecule has 0 atom stereocenters. The molecule has 0 spiro atoms. The summed E-state index contributed by atoms with van der Waals surface area (Å²) in [6.07, 6.45) is 4.20. The highest BCUT2D eigenvalue weighted by Gasteiger charge is 2.36. The van der Waals surface area contributed by atoms with E-state index in [1.165, 1.54) is 4.90 Å². The van der Waals surface area contributed by atoms with Gasteiger partial charge in [-0.25, -0.2) is 4.79 Å². The van der Waals surface area contributed by atoms with Crippen molar-refractivity contribution < 1.29 is 9.59 Å². The first-order valence-corrected chi connectivity index (χ1v) is 8.08. The monoisotopic (exact) mass is 321 g/mol. The molecule has 2 aliphatic rings. The van der Waals surface area contributed by atoms with Crippen LogP contribution in [0.1, 0.15) is 31.2 Å². The van der Waals surface area contributed by atoms with Crippen molar-refractivity contribution in [2.45, 2.75) is 31.2 Å². The highest BCUT2D eigenvalue weighted by Crippen LogP contribution is 2.39. The average Bonchev–Trinajstić information content (AvgIpc) is 3.14. The van der Waals surface area contributed by atoms with Crippen LogP contribution in [0.2, 0.25) is 5.02 Å². The van der Waals surface area contributed by atoms with E-state index in [0.717, 1.165) is 31.2 Å². The number of hydrogen-bond donors (Lipinski definition) is 2. The van der Waals surface area contributed by atoms with Crippen molar-refractivity contribution in [1.29, 1.82) is 0 Å². The van der Waals surface area contributed by atoms with Gasteiger partial charge in [0.05, 0.1) is 6.54 Å². The van der Waals surface area contributed by atoms with Crippen LogP contribution in [0.5, 0.6) is 0 Å². The van der Waals surface area contributed by atoms with E-state index in [2.05, 4.69) is 16.7 Å². The predicted molar refractivity (Wildman–Crippen MR) is 84.7 cm³/mol. The Labute approximate surface area is 135 Å². The summed E-state index contributed by atoms with van der Waals surface area (Å²) in [5.74, 6) is -0.177. The number of hydrogen-bond acceptors (Lipinski definition) is 3. The molecule has 0 unspecified atom stereocenters. The van der Waals surface area contributed by atoms with Gasteiger partial charge in [0.15, 0.2) is 0 Å². The highest BCUT2D eigenvalue weighted by atomic mass is 35.5. The maximum Gasteiger partial charge on any atom is 0.324 e. The topological polar surface area (TPSA) is 61.4 Å². The van der Waals surface area contributed by atoms with Gasteiger partial charge in [-0.3, -0.25) is 15.0 Å². The van der Waals surface area contributed by atoms with Crippen LogP contribution in [-0.4, -0.2) is 36.5 Å². The Kier molecular flexibility index (Phi) is 4.36. The zero-order chi connectivity index (χ0) is 15.6. The molecule has 22 heavy (non-hydrogen) atoms. The molecule has 2 N–H and O–H groups in total. The molecule has 1 aliphatic carbocycles. The molecular weight excluding hydrogens is 302 g/mol. The van der Waals surface area contributed by atoms with Crippen LogP contribution < -0.4 is 10.6 Å². The van der Waals surface area contributed by atoms with Gasteiger partial charge in [-0.05, 0) is 30.5 Å². The third-order valence-electron chi connectivity index (χ3n) is 4.57. The van der Waals surface area contributed by atoms with Gasteiger partial charge in [0, 0.05) is 23.7 Å². The van der Waals surface area contributed by atoms with Crippen molar-refractivity contribution in [2.75, 3.05) is 19.6 Å². The van der Waals surface area contributed by atoms with Crippen molar-refractivity contribution in [3.63, 3.8) is 0 Å². The lowest BCUT2D eigenvalue weighted by atomic mass is 9.88. The fourth-order valence-electron chi connectivity index (χ4n) is 3.38. The maximum absolute atomic E-state index is 12.2. The molecule has 0 aromatic heterocycles. The molecule has 0 radical (unpaired) electrons. The number of imide groups is 1. The minimum absolute atomic E-state index is 0.167. The molecule has 3 rings (SSSR count). The third kappa shape index (κ3) is 2.96. The lowest BCUT2D eigenvalue weighted by Crippen LogP contribution is -2.47. The largest absolute Gasteiger partial charge is 0.336 e. The lowest BCUT2D eigenvalue weighted by Gasteiger charge is -2.31. The first-order valence-electron chi connectivity index (χ1n) is 7.70. The Morgan fingerprint density at radius 2 is 2.14 bits per heavy atom. The van der Waals surface area contributed by atoms with Crippen molar-refractivity contribution in [3.05, 3.63) is 34.9 Å². The molecule has 1 saturated carbocycles. The Morgan fingerprint density at radius 1 is 1.36 bits per heavy atom. The van der Waals surface area contributed by atoms with Crippen LogP contribution in [-0.2, 0) is 10.3 Å². The van der Waals surface area contributed by atoms with Gasteiger partial charge >= 0.3 is 6.03 Å². The minimum atomic E-state index is -0.296. The first kappa shape index (κ1) is 15.3. The van der Waals surface area contributed by atoms with Gasteiger partial charge in [-0.1, -0.05) is 36.6 Å². The molecule has 1 saturated heterocycles. The summed E-state index contributed by atoms with van der Waals surface area (Å²) in [4.78, 5) is 25.1. The smallest absolute Gasteiger partial charge is 0.324 e. The van der Waals surface area contributed by atoms with Crippen LogP contribution in [0.15, 0.2) is 24.3 Å². The van der Waals surface area contributed by atoms with E-state index in [-0.39, 0.29) is 24.0 Å². The molecule has 0 bridgehead atoms. The summed E-state index contributed by atoms with van der Waals surface area (Å²) in [5, 5.41) is 6.76. The summed E-state index contributed by atoms with van der Waals surface area (Å²) in [7, 11) is 0.